The number of aromatic nitrogens is 2. The molecule has 7 heteroatoms. The van der Waals surface area contributed by atoms with Crippen molar-refractivity contribution in [2.75, 3.05) is 19.6 Å². The highest BCUT2D eigenvalue weighted by Gasteiger charge is 2.23. The Morgan fingerprint density at radius 1 is 0.971 bits per heavy atom. The molecule has 180 valence electrons. The number of para-hydroxylation sites is 1. The molecule has 4 rings (SSSR count). The summed E-state index contributed by atoms with van der Waals surface area (Å²) in [5.74, 6) is -0.282. The third-order valence-corrected chi connectivity index (χ3v) is 6.86. The van der Waals surface area contributed by atoms with Crippen LogP contribution in [0.5, 0.6) is 0 Å². The van der Waals surface area contributed by atoms with Crippen molar-refractivity contribution in [2.24, 2.45) is 0 Å². The Kier molecular flexibility index (Phi) is 8.21. The first kappa shape index (κ1) is 24.5. The molecule has 2 aromatic heterocycles. The van der Waals surface area contributed by atoms with Crippen LogP contribution in [0.1, 0.15) is 52.0 Å². The van der Waals surface area contributed by atoms with Gasteiger partial charge < -0.3 is 10.2 Å². The third kappa shape index (κ3) is 5.92. The zero-order chi connectivity index (χ0) is 24.6. The van der Waals surface area contributed by atoms with Gasteiger partial charge in [0.15, 0.2) is 0 Å². The van der Waals surface area contributed by atoms with Crippen LogP contribution in [-0.4, -0.2) is 46.3 Å². The van der Waals surface area contributed by atoms with Crippen LogP contribution in [0.4, 0.5) is 0 Å². The molecule has 0 fully saturated rings. The molecule has 2 heterocycles. The maximum Gasteiger partial charge on any atom is 0.274 e. The van der Waals surface area contributed by atoms with Crippen molar-refractivity contribution in [3.8, 4) is 10.4 Å². The van der Waals surface area contributed by atoms with Gasteiger partial charge in [-0.2, -0.15) is 0 Å². The predicted octanol–water partition coefficient (Wildman–Crippen LogP) is 5.73. The fourth-order valence-corrected chi connectivity index (χ4v) is 4.98. The average Bonchev–Trinajstić information content (AvgIpc) is 3.29. The highest BCUT2D eigenvalue weighted by molar-refractivity contribution is 7.15. The Morgan fingerprint density at radius 3 is 2.57 bits per heavy atom. The van der Waals surface area contributed by atoms with Gasteiger partial charge in [-0.25, -0.2) is 4.98 Å². The number of thiazole rings is 1. The van der Waals surface area contributed by atoms with Gasteiger partial charge in [0.2, 0.25) is 0 Å². The van der Waals surface area contributed by atoms with Crippen LogP contribution in [0.15, 0.2) is 66.9 Å². The van der Waals surface area contributed by atoms with Crippen LogP contribution >= 0.6 is 11.3 Å². The lowest BCUT2D eigenvalue weighted by atomic mass is 10.1. The number of amides is 2. The number of hydrogen-bond donors (Lipinski definition) is 1. The average molecular weight is 487 g/mol. The van der Waals surface area contributed by atoms with Gasteiger partial charge in [0.05, 0.1) is 21.0 Å². The molecule has 2 aromatic carbocycles. The van der Waals surface area contributed by atoms with E-state index >= 15 is 0 Å². The number of carbonyl (C=O) groups is 2. The van der Waals surface area contributed by atoms with E-state index in [2.05, 4.69) is 22.2 Å². The van der Waals surface area contributed by atoms with E-state index in [0.29, 0.717) is 36.4 Å². The van der Waals surface area contributed by atoms with Crippen LogP contribution < -0.4 is 5.32 Å². The highest BCUT2D eigenvalue weighted by atomic mass is 32.1. The number of pyridine rings is 1. The first-order chi connectivity index (χ1) is 17.1. The zero-order valence-corrected chi connectivity index (χ0v) is 21.0. The minimum absolute atomic E-state index is 0.0922. The van der Waals surface area contributed by atoms with Gasteiger partial charge in [-0.1, -0.05) is 68.3 Å². The molecule has 0 aliphatic heterocycles. The summed E-state index contributed by atoms with van der Waals surface area (Å²) >= 11 is 1.53. The quantitative estimate of drug-likeness (QED) is 0.291. The largest absolute Gasteiger partial charge is 0.350 e. The molecule has 0 bridgehead atoms. The first-order valence-electron chi connectivity index (χ1n) is 12.0. The number of nitrogens with one attached hydrogen (secondary N) is 1. The summed E-state index contributed by atoms with van der Waals surface area (Å²) in [6.45, 7) is 5.46. The van der Waals surface area contributed by atoms with E-state index in [1.165, 1.54) is 11.3 Å². The number of hydrogen-bond acceptors (Lipinski definition) is 5. The van der Waals surface area contributed by atoms with Gasteiger partial charge in [-0.05, 0) is 31.0 Å². The van der Waals surface area contributed by atoms with Gasteiger partial charge in [0, 0.05) is 31.2 Å². The molecule has 6 nitrogen and oxygen atoms in total. The van der Waals surface area contributed by atoms with Crippen molar-refractivity contribution >= 4 is 34.1 Å². The molecule has 0 aliphatic carbocycles. The number of fused-ring (bicyclic) bond motifs is 1. The minimum Gasteiger partial charge on any atom is -0.350 e. The van der Waals surface area contributed by atoms with Crippen LogP contribution in [-0.2, 0) is 0 Å². The first-order valence-corrected chi connectivity index (χ1v) is 12.8. The number of benzene rings is 2. The number of rotatable bonds is 10. The van der Waals surface area contributed by atoms with E-state index in [-0.39, 0.29) is 11.8 Å². The minimum atomic E-state index is -0.190. The fraction of sp³-hybridized carbons (Fsp3) is 0.286. The Labute approximate surface area is 210 Å². The number of unbranched alkanes of at least 4 members (excludes halogenated alkanes) is 2. The zero-order valence-electron chi connectivity index (χ0n) is 20.2. The molecule has 35 heavy (non-hydrogen) atoms. The monoisotopic (exact) mass is 486 g/mol. The van der Waals surface area contributed by atoms with E-state index in [1.54, 1.807) is 12.3 Å². The molecule has 4 aromatic rings. The van der Waals surface area contributed by atoms with Gasteiger partial charge in [-0.15, -0.1) is 11.3 Å². The van der Waals surface area contributed by atoms with E-state index < -0.39 is 0 Å². The second kappa shape index (κ2) is 11.7. The summed E-state index contributed by atoms with van der Waals surface area (Å²) in [6, 6.07) is 19.3. The molecule has 0 saturated heterocycles. The van der Waals surface area contributed by atoms with Crippen molar-refractivity contribution < 1.29 is 9.59 Å². The van der Waals surface area contributed by atoms with Crippen LogP contribution in [0.25, 0.3) is 21.3 Å². The van der Waals surface area contributed by atoms with Crippen molar-refractivity contribution in [3.05, 3.63) is 83.1 Å². The molecule has 1 N–H and O–H groups in total. The van der Waals surface area contributed by atoms with Gasteiger partial charge >= 0.3 is 0 Å². The summed E-state index contributed by atoms with van der Waals surface area (Å²) in [5, 5.41) is 4.76. The van der Waals surface area contributed by atoms with Crippen LogP contribution in [0, 0.1) is 6.92 Å². The van der Waals surface area contributed by atoms with E-state index in [9.17, 15) is 9.59 Å². The van der Waals surface area contributed by atoms with E-state index in [0.717, 1.165) is 40.1 Å². The molecule has 0 unspecified atom stereocenters. The molecular formula is C28H30N4O2S. The van der Waals surface area contributed by atoms with Gasteiger partial charge in [-0.3, -0.25) is 14.6 Å². The Morgan fingerprint density at radius 2 is 1.77 bits per heavy atom. The predicted molar refractivity (Wildman–Crippen MR) is 142 cm³/mol. The molecule has 0 aliphatic rings. The molecule has 2 amide bonds. The SMILES string of the molecule is CCCCCN(CCNC(=O)c1cccc2cccnc12)C(=O)c1nc(C)sc1-c1ccccc1. The summed E-state index contributed by atoms with van der Waals surface area (Å²) in [6.07, 6.45) is 4.71. The topological polar surface area (TPSA) is 75.2 Å². The molecule has 0 radical (unpaired) electrons. The molecule has 0 saturated carbocycles. The second-order valence-corrected chi connectivity index (χ2v) is 9.62. The Balaban J connectivity index is 1.49. The molecular weight excluding hydrogens is 456 g/mol. The normalized spacial score (nSPS) is 10.9. The van der Waals surface area contributed by atoms with Crippen molar-refractivity contribution in [1.82, 2.24) is 20.2 Å². The standard InChI is InChI=1S/C28H30N4O2S/c1-3-4-8-18-32(28(34)25-26(35-20(2)31-25)22-11-6-5-7-12-22)19-17-30-27(33)23-15-9-13-21-14-10-16-29-24(21)23/h5-7,9-16H,3-4,8,17-19H2,1-2H3,(H,30,33). The fourth-order valence-electron chi connectivity index (χ4n) is 4.06. The molecule has 0 atom stereocenters. The summed E-state index contributed by atoms with van der Waals surface area (Å²) in [7, 11) is 0. The van der Waals surface area contributed by atoms with Crippen LogP contribution in [0.2, 0.25) is 0 Å². The third-order valence-electron chi connectivity index (χ3n) is 5.84. The lowest BCUT2D eigenvalue weighted by Gasteiger charge is -2.23. The van der Waals surface area contributed by atoms with Gasteiger partial charge in [0.1, 0.15) is 5.69 Å². The van der Waals surface area contributed by atoms with Crippen molar-refractivity contribution in [3.63, 3.8) is 0 Å². The highest BCUT2D eigenvalue weighted by Crippen LogP contribution is 2.31. The van der Waals surface area contributed by atoms with E-state index in [4.69, 9.17) is 0 Å². The van der Waals surface area contributed by atoms with Gasteiger partial charge in [0.25, 0.3) is 11.8 Å². The summed E-state index contributed by atoms with van der Waals surface area (Å²) in [5.41, 5.74) is 2.69. The molecule has 0 spiro atoms. The lowest BCUT2D eigenvalue weighted by Crippen LogP contribution is -2.39. The number of nitrogens with zero attached hydrogens (tertiary/aromatic N) is 3. The van der Waals surface area contributed by atoms with Crippen LogP contribution in [0.3, 0.4) is 0 Å². The van der Waals surface area contributed by atoms with Crippen molar-refractivity contribution in [2.45, 2.75) is 33.1 Å². The number of carbonyl (C=O) groups excluding carboxylic acids is 2. The Bertz CT molecular complexity index is 1300. The summed E-state index contributed by atoms with van der Waals surface area (Å²) < 4.78 is 0. The second-order valence-electron chi connectivity index (χ2n) is 8.41. The smallest absolute Gasteiger partial charge is 0.274 e. The van der Waals surface area contributed by atoms with Crippen molar-refractivity contribution in [1.29, 1.82) is 0 Å². The maximum absolute atomic E-state index is 13.6. The summed E-state index contributed by atoms with van der Waals surface area (Å²) in [4.78, 5) is 38.2. The Hall–Kier alpha value is -3.58. The maximum atomic E-state index is 13.6. The number of aryl methyl sites for hydroxylation is 1. The lowest BCUT2D eigenvalue weighted by molar-refractivity contribution is 0.0741. The van der Waals surface area contributed by atoms with E-state index in [1.807, 2.05) is 66.4 Å².